The van der Waals surface area contributed by atoms with Gasteiger partial charge in [-0.05, 0) is 32.4 Å². The van der Waals surface area contributed by atoms with Gasteiger partial charge < -0.3 is 4.74 Å². The molecule has 0 aliphatic heterocycles. The minimum absolute atomic E-state index is 0.212. The van der Waals surface area contributed by atoms with Crippen molar-refractivity contribution in [2.24, 2.45) is 17.3 Å². The van der Waals surface area contributed by atoms with Crippen LogP contribution in [0.3, 0.4) is 0 Å². The second-order valence-corrected chi connectivity index (χ2v) is 5.28. The maximum atomic E-state index is 13.8. The summed E-state index contributed by atoms with van der Waals surface area (Å²) in [4.78, 5) is 34.9. The van der Waals surface area contributed by atoms with Gasteiger partial charge in [0.2, 0.25) is 0 Å². The van der Waals surface area contributed by atoms with Crippen molar-refractivity contribution in [1.82, 2.24) is 0 Å². The van der Waals surface area contributed by atoms with Gasteiger partial charge in [-0.15, -0.1) is 0 Å². The molecule has 1 fully saturated rings. The maximum Gasteiger partial charge on any atom is 0.384 e. The molecule has 1 saturated carbocycles. The van der Waals surface area contributed by atoms with Gasteiger partial charge >= 0.3 is 17.3 Å². The fourth-order valence-corrected chi connectivity index (χ4v) is 2.85. The Kier molecular flexibility index (Phi) is 4.45. The Bertz CT molecular complexity index is 472. The van der Waals surface area contributed by atoms with Crippen LogP contribution in [0.2, 0.25) is 0 Å². The number of rotatable bonds is 6. The first-order valence-corrected chi connectivity index (χ1v) is 6.37. The van der Waals surface area contributed by atoms with Gasteiger partial charge in [0, 0.05) is 0 Å². The van der Waals surface area contributed by atoms with E-state index in [4.69, 9.17) is 0 Å². The zero-order valence-electron chi connectivity index (χ0n) is 11.4. The molecule has 1 rings (SSSR count). The van der Waals surface area contributed by atoms with Crippen molar-refractivity contribution in [3.8, 4) is 0 Å². The Morgan fingerprint density at radius 1 is 1.14 bits per heavy atom. The fraction of sp³-hybridized carbons (Fsp3) is 0.750. The third kappa shape index (κ3) is 2.43. The first-order valence-electron chi connectivity index (χ1n) is 6.00. The number of esters is 1. The normalized spacial score (nSPS) is 24.4. The summed E-state index contributed by atoms with van der Waals surface area (Å²) < 4.78 is 57.9. The molecule has 2 atom stereocenters. The number of alkyl halides is 5. The van der Waals surface area contributed by atoms with E-state index in [1.807, 2.05) is 0 Å². The highest BCUT2D eigenvalue weighted by Crippen LogP contribution is 2.69. The molecule has 0 unspecified atom stereocenters. The van der Waals surface area contributed by atoms with Gasteiger partial charge in [0.05, 0.1) is 18.4 Å². The number of ether oxygens (including phenoxy) is 1. The number of carbonyl (C=O) groups is 3. The monoisotopic (exact) mass is 332 g/mol. The Morgan fingerprint density at radius 3 is 1.86 bits per heavy atom. The summed E-state index contributed by atoms with van der Waals surface area (Å²) in [7, 11) is 0. The molecule has 0 aromatic heterocycles. The molecule has 120 valence electrons. The summed E-state index contributed by atoms with van der Waals surface area (Å²) in [6.07, 6.45) is 0. The molecule has 9 heteroatoms. The quantitative estimate of drug-likeness (QED) is 0.324. The predicted molar refractivity (Wildman–Crippen MR) is 63.2 cm³/mol. The van der Waals surface area contributed by atoms with Crippen LogP contribution < -0.4 is 0 Å². The standard InChI is InChI=1S/C12H13ClF4O4/c1-4-21-9(20)7-8(11(14,15)12(13,16)17)10(7,5(2)18)6(3)19/h7-8H,4H2,1-3H3/t7-,8-/m1/s1. The zero-order chi connectivity index (χ0) is 16.8. The lowest BCUT2D eigenvalue weighted by Gasteiger charge is -2.23. The van der Waals surface area contributed by atoms with Crippen LogP contribution in [0.1, 0.15) is 20.8 Å². The van der Waals surface area contributed by atoms with Gasteiger partial charge in [0.15, 0.2) is 0 Å². The Balaban J connectivity index is 3.38. The Hall–Kier alpha value is -1.18. The highest BCUT2D eigenvalue weighted by Gasteiger charge is 2.86. The second kappa shape index (κ2) is 5.23. The van der Waals surface area contributed by atoms with Gasteiger partial charge in [0.1, 0.15) is 17.0 Å². The average molecular weight is 333 g/mol. The highest BCUT2D eigenvalue weighted by atomic mass is 35.5. The van der Waals surface area contributed by atoms with Crippen molar-refractivity contribution in [2.45, 2.75) is 32.1 Å². The average Bonchev–Trinajstić information content (AvgIpc) is 2.99. The summed E-state index contributed by atoms with van der Waals surface area (Å²) in [5.41, 5.74) is -2.52. The lowest BCUT2D eigenvalue weighted by molar-refractivity contribution is -0.182. The maximum absolute atomic E-state index is 13.8. The molecular weight excluding hydrogens is 320 g/mol. The van der Waals surface area contributed by atoms with Crippen molar-refractivity contribution in [3.05, 3.63) is 0 Å². The molecule has 0 aromatic carbocycles. The van der Waals surface area contributed by atoms with Crippen LogP contribution in [0, 0.1) is 17.3 Å². The molecule has 0 heterocycles. The van der Waals surface area contributed by atoms with Crippen LogP contribution >= 0.6 is 11.6 Å². The minimum atomic E-state index is -5.00. The summed E-state index contributed by atoms with van der Waals surface area (Å²) in [5, 5.41) is -5.00. The predicted octanol–water partition coefficient (Wildman–Crippen LogP) is 2.43. The van der Waals surface area contributed by atoms with Crippen molar-refractivity contribution in [3.63, 3.8) is 0 Å². The highest BCUT2D eigenvalue weighted by molar-refractivity contribution is 6.23. The molecule has 4 nitrogen and oxygen atoms in total. The van der Waals surface area contributed by atoms with Gasteiger partial charge in [-0.1, -0.05) is 0 Å². The van der Waals surface area contributed by atoms with Crippen LogP contribution in [-0.2, 0) is 19.1 Å². The van der Waals surface area contributed by atoms with E-state index in [-0.39, 0.29) is 6.61 Å². The van der Waals surface area contributed by atoms with Crippen molar-refractivity contribution < 1.29 is 36.7 Å². The Labute approximate surface area is 122 Å². The number of Topliss-reactive ketones (excluding diaryl/α,β-unsaturated/α-hetero) is 2. The van der Waals surface area contributed by atoms with Crippen LogP contribution in [0.25, 0.3) is 0 Å². The molecule has 0 N–H and O–H groups in total. The van der Waals surface area contributed by atoms with E-state index in [2.05, 4.69) is 16.3 Å². The van der Waals surface area contributed by atoms with Gasteiger partial charge in [-0.25, -0.2) is 0 Å². The van der Waals surface area contributed by atoms with Crippen molar-refractivity contribution in [1.29, 1.82) is 0 Å². The number of hydrogen-bond acceptors (Lipinski definition) is 4. The molecule has 0 radical (unpaired) electrons. The lowest BCUT2D eigenvalue weighted by atomic mass is 9.90. The minimum Gasteiger partial charge on any atom is -0.466 e. The Morgan fingerprint density at radius 2 is 1.57 bits per heavy atom. The van der Waals surface area contributed by atoms with Crippen LogP contribution in [0.5, 0.6) is 0 Å². The topological polar surface area (TPSA) is 60.4 Å². The van der Waals surface area contributed by atoms with E-state index in [0.29, 0.717) is 0 Å². The first kappa shape index (κ1) is 17.9. The van der Waals surface area contributed by atoms with Gasteiger partial charge in [-0.3, -0.25) is 14.4 Å². The molecule has 0 saturated heterocycles. The second-order valence-electron chi connectivity index (χ2n) is 4.81. The van der Waals surface area contributed by atoms with E-state index >= 15 is 0 Å². The number of carbonyl (C=O) groups excluding carboxylic acids is 3. The molecule has 0 spiro atoms. The first-order chi connectivity index (χ1) is 9.36. The molecule has 0 aromatic rings. The van der Waals surface area contributed by atoms with E-state index in [0.717, 1.165) is 13.8 Å². The van der Waals surface area contributed by atoms with Crippen molar-refractivity contribution in [2.75, 3.05) is 6.61 Å². The molecule has 21 heavy (non-hydrogen) atoms. The van der Waals surface area contributed by atoms with E-state index < -0.39 is 46.1 Å². The van der Waals surface area contributed by atoms with E-state index in [1.54, 1.807) is 0 Å². The third-order valence-corrected chi connectivity index (χ3v) is 3.93. The third-order valence-electron chi connectivity index (χ3n) is 3.68. The summed E-state index contributed by atoms with van der Waals surface area (Å²) in [6.45, 7) is 2.73. The molecule has 1 aliphatic carbocycles. The summed E-state index contributed by atoms with van der Waals surface area (Å²) in [5.74, 6) is -12.9. The lowest BCUT2D eigenvalue weighted by Crippen LogP contribution is -2.42. The summed E-state index contributed by atoms with van der Waals surface area (Å²) >= 11 is 4.39. The fourth-order valence-electron chi connectivity index (χ4n) is 2.74. The zero-order valence-corrected chi connectivity index (χ0v) is 12.1. The number of hydrogen-bond donors (Lipinski definition) is 0. The smallest absolute Gasteiger partial charge is 0.384 e. The van der Waals surface area contributed by atoms with Crippen molar-refractivity contribution >= 4 is 29.1 Å². The summed E-state index contributed by atoms with van der Waals surface area (Å²) in [6, 6.07) is 0. The van der Waals surface area contributed by atoms with Crippen LogP contribution in [-0.4, -0.2) is 35.4 Å². The number of halogens is 5. The molecular formula is C12H13ClF4O4. The largest absolute Gasteiger partial charge is 0.466 e. The van der Waals surface area contributed by atoms with E-state index in [9.17, 15) is 31.9 Å². The van der Waals surface area contributed by atoms with E-state index in [1.165, 1.54) is 6.92 Å². The molecule has 0 amide bonds. The molecule has 0 bridgehead atoms. The SMILES string of the molecule is CCOC(=O)[C@H]1[C@@H](C(F)(F)C(F)(F)Cl)C1(C(C)=O)C(C)=O. The van der Waals surface area contributed by atoms with Gasteiger partial charge in [0.25, 0.3) is 0 Å². The van der Waals surface area contributed by atoms with Crippen LogP contribution in [0.15, 0.2) is 0 Å². The van der Waals surface area contributed by atoms with Crippen LogP contribution in [0.4, 0.5) is 17.6 Å². The number of ketones is 2. The van der Waals surface area contributed by atoms with Gasteiger partial charge in [-0.2, -0.15) is 17.6 Å². The molecule has 1 aliphatic rings.